The quantitative estimate of drug-likeness (QED) is 0.724. The molecule has 0 saturated heterocycles. The minimum atomic E-state index is -0.454. The van der Waals surface area contributed by atoms with Crippen LogP contribution < -0.4 is 11.1 Å². The van der Waals surface area contributed by atoms with E-state index in [1.54, 1.807) is 0 Å². The van der Waals surface area contributed by atoms with Gasteiger partial charge in [0.05, 0.1) is 5.56 Å². The second-order valence-electron chi connectivity index (χ2n) is 5.08. The summed E-state index contributed by atoms with van der Waals surface area (Å²) in [5, 5.41) is 12.0. The second kappa shape index (κ2) is 6.02. The van der Waals surface area contributed by atoms with Gasteiger partial charge in [-0.15, -0.1) is 0 Å². The van der Waals surface area contributed by atoms with E-state index >= 15 is 0 Å². The van der Waals surface area contributed by atoms with E-state index in [0.717, 1.165) is 25.3 Å². The summed E-state index contributed by atoms with van der Waals surface area (Å²) < 4.78 is 12.9. The zero-order chi connectivity index (χ0) is 13.8. The number of hydrogen-bond acceptors (Lipinski definition) is 3. The number of aliphatic hydroxyl groups is 1. The van der Waals surface area contributed by atoms with Crippen LogP contribution >= 0.6 is 0 Å². The van der Waals surface area contributed by atoms with Gasteiger partial charge in [-0.3, -0.25) is 4.79 Å². The van der Waals surface area contributed by atoms with E-state index in [9.17, 15) is 14.3 Å². The van der Waals surface area contributed by atoms with Crippen molar-refractivity contribution in [2.24, 2.45) is 11.8 Å². The number of halogens is 1. The minimum absolute atomic E-state index is 0.141. The van der Waals surface area contributed by atoms with Crippen molar-refractivity contribution in [1.82, 2.24) is 5.32 Å². The Morgan fingerprint density at radius 3 is 2.84 bits per heavy atom. The van der Waals surface area contributed by atoms with Crippen LogP contribution in [0, 0.1) is 17.7 Å². The number of nitrogen functional groups attached to an aromatic ring is 1. The van der Waals surface area contributed by atoms with Crippen molar-refractivity contribution in [2.45, 2.75) is 19.3 Å². The molecule has 0 heterocycles. The van der Waals surface area contributed by atoms with E-state index in [1.165, 1.54) is 12.1 Å². The number of amides is 1. The molecular weight excluding hydrogens is 247 g/mol. The lowest BCUT2D eigenvalue weighted by Gasteiger charge is -2.18. The SMILES string of the molecule is Nc1cc(F)ccc1C(=O)NCC1CCCC1CO. The molecule has 104 valence electrons. The summed E-state index contributed by atoms with van der Waals surface area (Å²) in [5.41, 5.74) is 6.05. The van der Waals surface area contributed by atoms with Gasteiger partial charge in [-0.1, -0.05) is 6.42 Å². The second-order valence-corrected chi connectivity index (χ2v) is 5.08. The first-order valence-electron chi connectivity index (χ1n) is 6.56. The molecular formula is C14H19FN2O2. The Bertz CT molecular complexity index is 465. The fourth-order valence-electron chi connectivity index (χ4n) is 2.68. The first-order valence-corrected chi connectivity index (χ1v) is 6.56. The standard InChI is InChI=1S/C14H19FN2O2/c15-11-4-5-12(13(16)6-11)14(19)17-7-9-2-1-3-10(9)8-18/h4-6,9-10,18H,1-3,7-8,16H2,(H,17,19). The number of carbonyl (C=O) groups excluding carboxylic acids is 1. The molecule has 2 unspecified atom stereocenters. The summed E-state index contributed by atoms with van der Waals surface area (Å²) in [6.45, 7) is 0.695. The van der Waals surface area contributed by atoms with Crippen molar-refractivity contribution in [1.29, 1.82) is 0 Å². The fourth-order valence-corrected chi connectivity index (χ4v) is 2.68. The molecule has 5 heteroatoms. The molecule has 0 spiro atoms. The molecule has 1 aromatic rings. The van der Waals surface area contributed by atoms with Crippen LogP contribution in [0.3, 0.4) is 0 Å². The molecule has 1 saturated carbocycles. The van der Waals surface area contributed by atoms with Crippen LogP contribution in [0.15, 0.2) is 18.2 Å². The molecule has 0 radical (unpaired) electrons. The lowest BCUT2D eigenvalue weighted by molar-refractivity contribution is 0.0938. The number of nitrogens with two attached hydrogens (primary N) is 1. The van der Waals surface area contributed by atoms with Crippen LogP contribution in [-0.2, 0) is 0 Å². The Labute approximate surface area is 111 Å². The van der Waals surface area contributed by atoms with Gasteiger partial charge in [0.1, 0.15) is 5.82 Å². The third-order valence-electron chi connectivity index (χ3n) is 3.83. The van der Waals surface area contributed by atoms with E-state index < -0.39 is 5.82 Å². The van der Waals surface area contributed by atoms with Crippen LogP contribution in [0.25, 0.3) is 0 Å². The fraction of sp³-hybridized carbons (Fsp3) is 0.500. The molecule has 1 aromatic carbocycles. The van der Waals surface area contributed by atoms with E-state index in [4.69, 9.17) is 5.73 Å². The summed E-state index contributed by atoms with van der Waals surface area (Å²) >= 11 is 0. The number of rotatable bonds is 4. The van der Waals surface area contributed by atoms with Crippen molar-refractivity contribution >= 4 is 11.6 Å². The lowest BCUT2D eigenvalue weighted by atomic mass is 9.97. The van der Waals surface area contributed by atoms with Gasteiger partial charge in [0.2, 0.25) is 0 Å². The summed E-state index contributed by atoms with van der Waals surface area (Å²) in [5.74, 6) is -0.159. The van der Waals surface area contributed by atoms with Gasteiger partial charge in [0.25, 0.3) is 5.91 Å². The van der Waals surface area contributed by atoms with E-state index in [1.807, 2.05) is 0 Å². The van der Waals surface area contributed by atoms with Crippen molar-refractivity contribution in [3.8, 4) is 0 Å². The van der Waals surface area contributed by atoms with Gasteiger partial charge in [0, 0.05) is 18.8 Å². The summed E-state index contributed by atoms with van der Waals surface area (Å²) in [4.78, 5) is 12.0. The molecule has 1 aliphatic carbocycles. The summed E-state index contributed by atoms with van der Waals surface area (Å²) in [7, 11) is 0. The highest BCUT2D eigenvalue weighted by Crippen LogP contribution is 2.30. The molecule has 1 aliphatic rings. The monoisotopic (exact) mass is 266 g/mol. The van der Waals surface area contributed by atoms with Crippen LogP contribution in [0.5, 0.6) is 0 Å². The number of carbonyl (C=O) groups is 1. The Morgan fingerprint density at radius 2 is 2.16 bits per heavy atom. The summed E-state index contributed by atoms with van der Waals surface area (Å²) in [6.07, 6.45) is 3.12. The summed E-state index contributed by atoms with van der Waals surface area (Å²) in [6, 6.07) is 3.75. The van der Waals surface area contributed by atoms with E-state index in [-0.39, 0.29) is 24.1 Å². The topological polar surface area (TPSA) is 75.4 Å². The van der Waals surface area contributed by atoms with Gasteiger partial charge in [0.15, 0.2) is 0 Å². The maximum absolute atomic E-state index is 12.9. The van der Waals surface area contributed by atoms with E-state index in [0.29, 0.717) is 18.0 Å². The van der Waals surface area contributed by atoms with Crippen molar-refractivity contribution in [3.05, 3.63) is 29.6 Å². The molecule has 0 aliphatic heterocycles. The highest BCUT2D eigenvalue weighted by Gasteiger charge is 2.26. The first kappa shape index (κ1) is 13.8. The average Bonchev–Trinajstić information content (AvgIpc) is 2.83. The highest BCUT2D eigenvalue weighted by atomic mass is 19.1. The van der Waals surface area contributed by atoms with Gasteiger partial charge in [-0.25, -0.2) is 4.39 Å². The maximum atomic E-state index is 12.9. The lowest BCUT2D eigenvalue weighted by Crippen LogP contribution is -2.32. The normalized spacial score (nSPS) is 22.4. The molecule has 2 rings (SSSR count). The smallest absolute Gasteiger partial charge is 0.253 e. The number of benzene rings is 1. The predicted molar refractivity (Wildman–Crippen MR) is 71.1 cm³/mol. The third kappa shape index (κ3) is 3.23. The van der Waals surface area contributed by atoms with Crippen molar-refractivity contribution in [2.75, 3.05) is 18.9 Å². The van der Waals surface area contributed by atoms with Crippen molar-refractivity contribution in [3.63, 3.8) is 0 Å². The number of nitrogens with one attached hydrogen (secondary N) is 1. The van der Waals surface area contributed by atoms with Crippen LogP contribution in [0.2, 0.25) is 0 Å². The Balaban J connectivity index is 1.94. The first-order chi connectivity index (χ1) is 9.11. The number of aliphatic hydroxyl groups excluding tert-OH is 1. The van der Waals surface area contributed by atoms with Gasteiger partial charge < -0.3 is 16.2 Å². The molecule has 0 bridgehead atoms. The van der Waals surface area contributed by atoms with Crippen LogP contribution in [0.4, 0.5) is 10.1 Å². The van der Waals surface area contributed by atoms with E-state index in [2.05, 4.69) is 5.32 Å². The van der Waals surface area contributed by atoms with Gasteiger partial charge >= 0.3 is 0 Å². The third-order valence-corrected chi connectivity index (χ3v) is 3.83. The maximum Gasteiger partial charge on any atom is 0.253 e. The largest absolute Gasteiger partial charge is 0.398 e. The molecule has 0 aromatic heterocycles. The van der Waals surface area contributed by atoms with Crippen LogP contribution in [-0.4, -0.2) is 24.2 Å². The van der Waals surface area contributed by atoms with Gasteiger partial charge in [-0.05, 0) is 42.9 Å². The minimum Gasteiger partial charge on any atom is -0.398 e. The number of hydrogen-bond donors (Lipinski definition) is 3. The molecule has 1 amide bonds. The molecule has 4 N–H and O–H groups in total. The molecule has 1 fully saturated rings. The number of anilines is 1. The Kier molecular flexibility index (Phi) is 4.37. The van der Waals surface area contributed by atoms with Gasteiger partial charge in [-0.2, -0.15) is 0 Å². The zero-order valence-electron chi connectivity index (χ0n) is 10.7. The molecule has 19 heavy (non-hydrogen) atoms. The predicted octanol–water partition coefficient (Wildman–Crippen LogP) is 1.55. The average molecular weight is 266 g/mol. The zero-order valence-corrected chi connectivity index (χ0v) is 10.7. The Hall–Kier alpha value is -1.62. The Morgan fingerprint density at radius 1 is 1.42 bits per heavy atom. The highest BCUT2D eigenvalue weighted by molar-refractivity contribution is 5.99. The molecule has 4 nitrogen and oxygen atoms in total. The molecule has 2 atom stereocenters. The van der Waals surface area contributed by atoms with Crippen molar-refractivity contribution < 1.29 is 14.3 Å². The van der Waals surface area contributed by atoms with Crippen LogP contribution in [0.1, 0.15) is 29.6 Å².